The number of hydrogen-bond donors (Lipinski definition) is 1. The molecule has 0 saturated heterocycles. The van der Waals surface area contributed by atoms with Gasteiger partial charge in [0.15, 0.2) is 0 Å². The number of aromatic hydroxyl groups is 1. The minimum Gasteiger partial charge on any atom is -0.507 e. The highest BCUT2D eigenvalue weighted by atomic mass is 16.3. The molecular formula is C29H52N2O. The molecule has 1 N–H and O–H groups in total. The lowest BCUT2D eigenvalue weighted by molar-refractivity contribution is 0.474. The molecule has 0 atom stereocenters. The monoisotopic (exact) mass is 444 g/mol. The third-order valence-electron chi connectivity index (χ3n) is 6.51. The zero-order valence-corrected chi connectivity index (χ0v) is 21.6. The number of anilines is 1. The van der Waals surface area contributed by atoms with E-state index in [-0.39, 0.29) is 0 Å². The number of rotatable bonds is 21. The van der Waals surface area contributed by atoms with Crippen LogP contribution in [-0.4, -0.2) is 31.0 Å². The predicted molar refractivity (Wildman–Crippen MR) is 144 cm³/mol. The largest absolute Gasteiger partial charge is 0.507 e. The topological polar surface area (TPSA) is 35.8 Å². The Hall–Kier alpha value is -1.51. The van der Waals surface area contributed by atoms with Crippen molar-refractivity contribution >= 4 is 11.9 Å². The Labute approximate surface area is 199 Å². The van der Waals surface area contributed by atoms with Crippen LogP contribution in [0.2, 0.25) is 0 Å². The number of phenolic OH excluding ortho intramolecular Hbond substituents is 1. The molecular weight excluding hydrogens is 392 g/mol. The van der Waals surface area contributed by atoms with Crippen LogP contribution in [0.25, 0.3) is 0 Å². The molecule has 3 heteroatoms. The number of nitrogens with zero attached hydrogens (tertiary/aromatic N) is 2. The fourth-order valence-electron chi connectivity index (χ4n) is 4.34. The van der Waals surface area contributed by atoms with E-state index in [2.05, 4.69) is 36.7 Å². The molecule has 0 unspecified atom stereocenters. The van der Waals surface area contributed by atoms with Crippen molar-refractivity contribution in [3.63, 3.8) is 0 Å². The first-order valence-corrected chi connectivity index (χ1v) is 13.8. The Morgan fingerprint density at radius 3 is 1.59 bits per heavy atom. The maximum absolute atomic E-state index is 10.3. The van der Waals surface area contributed by atoms with Crippen molar-refractivity contribution in [3.8, 4) is 5.75 Å². The zero-order chi connectivity index (χ0) is 23.3. The molecule has 0 aliphatic heterocycles. The van der Waals surface area contributed by atoms with E-state index in [1.54, 1.807) is 0 Å². The molecule has 184 valence electrons. The van der Waals surface area contributed by atoms with Crippen LogP contribution in [-0.2, 0) is 0 Å². The summed E-state index contributed by atoms with van der Waals surface area (Å²) in [6.07, 6.45) is 24.1. The third-order valence-corrected chi connectivity index (χ3v) is 6.51. The van der Waals surface area contributed by atoms with Crippen molar-refractivity contribution < 1.29 is 5.11 Å². The van der Waals surface area contributed by atoms with Gasteiger partial charge in [-0.15, -0.1) is 0 Å². The van der Waals surface area contributed by atoms with Gasteiger partial charge >= 0.3 is 0 Å². The van der Waals surface area contributed by atoms with E-state index in [0.29, 0.717) is 5.75 Å². The fourth-order valence-corrected chi connectivity index (χ4v) is 4.34. The van der Waals surface area contributed by atoms with Crippen molar-refractivity contribution in [1.82, 2.24) is 0 Å². The van der Waals surface area contributed by atoms with Crippen molar-refractivity contribution in [2.75, 3.05) is 24.5 Å². The highest BCUT2D eigenvalue weighted by Gasteiger charge is 2.05. The van der Waals surface area contributed by atoms with E-state index >= 15 is 0 Å². The smallest absolute Gasteiger partial charge is 0.126 e. The van der Waals surface area contributed by atoms with Crippen LogP contribution in [0.1, 0.15) is 129 Å². The first kappa shape index (κ1) is 28.5. The maximum atomic E-state index is 10.3. The highest BCUT2D eigenvalue weighted by Crippen LogP contribution is 2.23. The molecule has 32 heavy (non-hydrogen) atoms. The third kappa shape index (κ3) is 13.8. The number of aliphatic imine (C=N–C) groups is 1. The second kappa shape index (κ2) is 20.1. The van der Waals surface area contributed by atoms with Gasteiger partial charge in [0, 0.05) is 43.2 Å². The molecule has 0 radical (unpaired) electrons. The van der Waals surface area contributed by atoms with E-state index in [1.165, 1.54) is 96.3 Å². The van der Waals surface area contributed by atoms with Gasteiger partial charge in [0.05, 0.1) is 0 Å². The summed E-state index contributed by atoms with van der Waals surface area (Å²) in [6, 6.07) is 5.89. The lowest BCUT2D eigenvalue weighted by Crippen LogP contribution is -2.21. The number of unbranched alkanes of at least 4 members (excludes halogenated alkanes) is 15. The van der Waals surface area contributed by atoms with Gasteiger partial charge in [-0.2, -0.15) is 0 Å². The molecule has 0 spiro atoms. The van der Waals surface area contributed by atoms with Crippen LogP contribution >= 0.6 is 0 Å². The van der Waals surface area contributed by atoms with Gasteiger partial charge in [0.1, 0.15) is 5.75 Å². The van der Waals surface area contributed by atoms with Gasteiger partial charge in [0.25, 0.3) is 0 Å². The van der Waals surface area contributed by atoms with Crippen LogP contribution in [0.3, 0.4) is 0 Å². The molecule has 0 aliphatic rings. The van der Waals surface area contributed by atoms with Gasteiger partial charge in [-0.25, -0.2) is 0 Å². The van der Waals surface area contributed by atoms with Gasteiger partial charge < -0.3 is 10.0 Å². The second-order valence-electron chi connectivity index (χ2n) is 9.25. The summed E-state index contributed by atoms with van der Waals surface area (Å²) in [6.45, 7) is 9.31. The van der Waals surface area contributed by atoms with E-state index in [4.69, 9.17) is 0 Å². The average Bonchev–Trinajstić information content (AvgIpc) is 2.80. The quantitative estimate of drug-likeness (QED) is 0.152. The van der Waals surface area contributed by atoms with Crippen LogP contribution in [0.5, 0.6) is 5.75 Å². The summed E-state index contributed by atoms with van der Waals surface area (Å²) in [4.78, 5) is 6.76. The summed E-state index contributed by atoms with van der Waals surface area (Å²) in [5, 5.41) is 10.3. The van der Waals surface area contributed by atoms with E-state index in [1.807, 2.05) is 18.3 Å². The summed E-state index contributed by atoms with van der Waals surface area (Å²) in [5.41, 5.74) is 1.89. The average molecular weight is 445 g/mol. The van der Waals surface area contributed by atoms with Gasteiger partial charge in [0.2, 0.25) is 0 Å². The molecule has 0 fully saturated rings. The first-order valence-electron chi connectivity index (χ1n) is 13.8. The van der Waals surface area contributed by atoms with Crippen LogP contribution < -0.4 is 4.90 Å². The predicted octanol–water partition coefficient (Wildman–Crippen LogP) is 8.92. The normalized spacial score (nSPS) is 11.5. The Morgan fingerprint density at radius 2 is 1.16 bits per heavy atom. The van der Waals surface area contributed by atoms with Crippen molar-refractivity contribution in [2.24, 2.45) is 4.99 Å². The lowest BCUT2D eigenvalue weighted by atomic mass is 10.0. The number of phenols is 1. The summed E-state index contributed by atoms with van der Waals surface area (Å²) in [5.74, 6) is 0.324. The molecule has 3 nitrogen and oxygen atoms in total. The molecule has 0 amide bonds. The van der Waals surface area contributed by atoms with E-state index in [0.717, 1.165) is 37.3 Å². The molecule has 0 bridgehead atoms. The minimum atomic E-state index is 0.324. The summed E-state index contributed by atoms with van der Waals surface area (Å²) >= 11 is 0. The minimum absolute atomic E-state index is 0.324. The molecule has 0 saturated carbocycles. The Morgan fingerprint density at radius 1 is 0.688 bits per heavy atom. The van der Waals surface area contributed by atoms with Crippen molar-refractivity contribution in [2.45, 2.75) is 124 Å². The van der Waals surface area contributed by atoms with Crippen molar-refractivity contribution in [3.05, 3.63) is 23.8 Å². The Balaban J connectivity index is 1.95. The first-order chi connectivity index (χ1) is 15.7. The summed E-state index contributed by atoms with van der Waals surface area (Å²) in [7, 11) is 0. The molecule has 0 aliphatic carbocycles. The maximum Gasteiger partial charge on any atom is 0.126 e. The van der Waals surface area contributed by atoms with E-state index in [9.17, 15) is 5.11 Å². The number of hydrogen-bond acceptors (Lipinski definition) is 3. The molecule has 1 aromatic carbocycles. The van der Waals surface area contributed by atoms with Crippen molar-refractivity contribution in [1.29, 1.82) is 0 Å². The zero-order valence-electron chi connectivity index (χ0n) is 21.6. The molecule has 0 heterocycles. The van der Waals surface area contributed by atoms with Crippen LogP contribution in [0, 0.1) is 0 Å². The van der Waals surface area contributed by atoms with Crippen LogP contribution in [0.4, 0.5) is 5.69 Å². The standard InChI is InChI=1S/C29H52N2O/c1-4-7-8-9-10-11-12-13-14-15-16-17-18-19-20-21-24-30-26-27-22-23-28(25-29(27)32)31(5-2)6-3/h22-23,25-26,32H,4-21,24H2,1-3H3. The highest BCUT2D eigenvalue weighted by molar-refractivity contribution is 5.84. The van der Waals surface area contributed by atoms with Crippen LogP contribution in [0.15, 0.2) is 23.2 Å². The van der Waals surface area contributed by atoms with Gasteiger partial charge in [-0.1, -0.05) is 103 Å². The Bertz CT molecular complexity index is 581. The van der Waals surface area contributed by atoms with Gasteiger partial charge in [-0.05, 0) is 32.4 Å². The number of benzene rings is 1. The molecule has 1 rings (SSSR count). The fraction of sp³-hybridized carbons (Fsp3) is 0.759. The summed E-state index contributed by atoms with van der Waals surface area (Å²) < 4.78 is 0. The second-order valence-corrected chi connectivity index (χ2v) is 9.25. The SMILES string of the molecule is CCCCCCCCCCCCCCCCCCN=Cc1ccc(N(CC)CC)cc1O. The lowest BCUT2D eigenvalue weighted by Gasteiger charge is -2.21. The molecule has 1 aromatic rings. The Kier molecular flexibility index (Phi) is 17.9. The molecule has 0 aromatic heterocycles. The van der Waals surface area contributed by atoms with Gasteiger partial charge in [-0.3, -0.25) is 4.99 Å². The van der Waals surface area contributed by atoms with E-state index < -0.39 is 0 Å².